The summed E-state index contributed by atoms with van der Waals surface area (Å²) >= 11 is 0. The number of aromatic nitrogens is 2. The Bertz CT molecular complexity index is 1310. The van der Waals surface area contributed by atoms with Gasteiger partial charge in [0.25, 0.3) is 0 Å². The van der Waals surface area contributed by atoms with Gasteiger partial charge in [0.2, 0.25) is 11.8 Å². The molecule has 2 aromatic carbocycles. The molecule has 2 aliphatic heterocycles. The van der Waals surface area contributed by atoms with Gasteiger partial charge in [-0.05, 0) is 18.6 Å². The molecule has 0 bridgehead atoms. The van der Waals surface area contributed by atoms with Crippen molar-refractivity contribution in [2.75, 3.05) is 22.9 Å². The molecular formula is C25H21F2N5O4. The van der Waals surface area contributed by atoms with E-state index in [1.807, 2.05) is 30.3 Å². The smallest absolute Gasteiger partial charge is 0.412 e. The Balaban J connectivity index is 1.30. The van der Waals surface area contributed by atoms with Gasteiger partial charge in [-0.25, -0.2) is 23.5 Å². The third-order valence-electron chi connectivity index (χ3n) is 6.40. The normalized spacial score (nSPS) is 17.9. The predicted octanol–water partition coefficient (Wildman–Crippen LogP) is 3.32. The molecule has 1 atom stereocenters. The molecular weight excluding hydrogens is 472 g/mol. The molecule has 2 N–H and O–H groups in total. The Kier molecular flexibility index (Phi) is 6.05. The standard InChI is InChI=1S/C25H21F2N5O4/c26-19-8-15(9-20(27)22(19)18-6-7-21(33)30-24(18)34)31-12-17(13-31)32(25(35)36)16-10-28-23(29-11-16)14-4-2-1-3-5-14/h1-5,8-11,17-18H,6-7,12-13H2,(H,35,36)(H,30,33,34). The number of carboxylic acid groups (broad SMARTS) is 1. The van der Waals surface area contributed by atoms with Gasteiger partial charge in [-0.3, -0.25) is 19.8 Å². The second-order valence-electron chi connectivity index (χ2n) is 8.67. The van der Waals surface area contributed by atoms with Crippen LogP contribution in [0.15, 0.2) is 54.9 Å². The number of carbonyl (C=O) groups excluding carboxylic acids is 2. The molecule has 3 heterocycles. The second kappa shape index (κ2) is 9.33. The van der Waals surface area contributed by atoms with Gasteiger partial charge in [-0.15, -0.1) is 0 Å². The largest absolute Gasteiger partial charge is 0.465 e. The summed E-state index contributed by atoms with van der Waals surface area (Å²) in [4.78, 5) is 46.7. The summed E-state index contributed by atoms with van der Waals surface area (Å²) < 4.78 is 29.7. The number of amides is 3. The number of rotatable bonds is 5. The van der Waals surface area contributed by atoms with Gasteiger partial charge in [-0.1, -0.05) is 30.3 Å². The van der Waals surface area contributed by atoms with E-state index in [1.165, 1.54) is 12.4 Å². The maximum atomic E-state index is 14.9. The second-order valence-corrected chi connectivity index (χ2v) is 8.67. The van der Waals surface area contributed by atoms with Crippen molar-refractivity contribution in [3.63, 3.8) is 0 Å². The molecule has 3 amide bonds. The van der Waals surface area contributed by atoms with E-state index in [2.05, 4.69) is 15.3 Å². The van der Waals surface area contributed by atoms with Crippen molar-refractivity contribution < 1.29 is 28.3 Å². The third kappa shape index (κ3) is 4.35. The number of piperidine rings is 1. The highest BCUT2D eigenvalue weighted by Crippen LogP contribution is 2.34. The number of carbonyl (C=O) groups is 3. The molecule has 2 fully saturated rings. The molecule has 36 heavy (non-hydrogen) atoms. The number of imide groups is 1. The summed E-state index contributed by atoms with van der Waals surface area (Å²) in [6.45, 7) is 0.396. The molecule has 1 unspecified atom stereocenters. The van der Waals surface area contributed by atoms with E-state index < -0.39 is 41.5 Å². The number of halogens is 2. The zero-order chi connectivity index (χ0) is 25.4. The lowest BCUT2D eigenvalue weighted by molar-refractivity contribution is -0.134. The van der Waals surface area contributed by atoms with Gasteiger partial charge in [-0.2, -0.15) is 0 Å². The Morgan fingerprint density at radius 3 is 2.28 bits per heavy atom. The fourth-order valence-corrected chi connectivity index (χ4v) is 4.54. The summed E-state index contributed by atoms with van der Waals surface area (Å²) in [7, 11) is 0. The number of hydrogen-bond acceptors (Lipinski definition) is 6. The number of hydrogen-bond donors (Lipinski definition) is 2. The third-order valence-corrected chi connectivity index (χ3v) is 6.40. The Morgan fingerprint density at radius 2 is 1.69 bits per heavy atom. The molecule has 184 valence electrons. The van der Waals surface area contributed by atoms with E-state index in [9.17, 15) is 28.3 Å². The number of anilines is 2. The van der Waals surface area contributed by atoms with Crippen molar-refractivity contribution in [3.05, 3.63) is 72.1 Å². The topological polar surface area (TPSA) is 116 Å². The number of nitrogens with one attached hydrogen (secondary N) is 1. The molecule has 0 aliphatic carbocycles. The molecule has 1 aromatic heterocycles. The average Bonchev–Trinajstić information content (AvgIpc) is 2.82. The quantitative estimate of drug-likeness (QED) is 0.524. The first-order chi connectivity index (χ1) is 17.3. The van der Waals surface area contributed by atoms with Gasteiger partial charge in [0, 0.05) is 36.3 Å². The minimum Gasteiger partial charge on any atom is -0.465 e. The lowest BCUT2D eigenvalue weighted by Crippen LogP contribution is -2.61. The zero-order valence-corrected chi connectivity index (χ0v) is 18.9. The Morgan fingerprint density at radius 1 is 1.06 bits per heavy atom. The average molecular weight is 493 g/mol. The lowest BCUT2D eigenvalue weighted by Gasteiger charge is -2.45. The van der Waals surface area contributed by atoms with Crippen LogP contribution in [-0.2, 0) is 9.59 Å². The minimum absolute atomic E-state index is 0.00586. The van der Waals surface area contributed by atoms with Gasteiger partial charge in [0.05, 0.1) is 30.0 Å². The number of nitrogens with zero attached hydrogens (tertiary/aromatic N) is 4. The van der Waals surface area contributed by atoms with Gasteiger partial charge < -0.3 is 10.0 Å². The molecule has 3 aromatic rings. The lowest BCUT2D eigenvalue weighted by atomic mass is 9.89. The van der Waals surface area contributed by atoms with Crippen LogP contribution < -0.4 is 15.1 Å². The molecule has 0 radical (unpaired) electrons. The molecule has 2 saturated heterocycles. The van der Waals surface area contributed by atoms with Crippen LogP contribution in [0.5, 0.6) is 0 Å². The van der Waals surface area contributed by atoms with Crippen molar-refractivity contribution in [1.82, 2.24) is 15.3 Å². The fourth-order valence-electron chi connectivity index (χ4n) is 4.54. The summed E-state index contributed by atoms with van der Waals surface area (Å²) in [5.41, 5.74) is 0.949. The van der Waals surface area contributed by atoms with Crippen LogP contribution >= 0.6 is 0 Å². The first-order valence-electron chi connectivity index (χ1n) is 11.3. The summed E-state index contributed by atoms with van der Waals surface area (Å²) in [6, 6.07) is 11.0. The Hall–Kier alpha value is -4.41. The van der Waals surface area contributed by atoms with E-state index in [0.29, 0.717) is 5.82 Å². The van der Waals surface area contributed by atoms with E-state index in [1.54, 1.807) is 4.90 Å². The summed E-state index contributed by atoms with van der Waals surface area (Å²) in [5.74, 6) is -3.59. The SMILES string of the molecule is O=C1CCC(c2c(F)cc(N3CC(N(C(=O)O)c4cnc(-c5ccccc5)nc4)C3)cc2F)C(=O)N1. The molecule has 11 heteroatoms. The highest BCUT2D eigenvalue weighted by atomic mass is 19.1. The summed E-state index contributed by atoms with van der Waals surface area (Å²) in [6.07, 6.45) is 1.70. The van der Waals surface area contributed by atoms with E-state index in [-0.39, 0.29) is 42.9 Å². The van der Waals surface area contributed by atoms with Crippen molar-refractivity contribution in [2.45, 2.75) is 24.8 Å². The van der Waals surface area contributed by atoms with Crippen molar-refractivity contribution >= 4 is 29.3 Å². The Labute approximate surface area is 204 Å². The first-order valence-corrected chi connectivity index (χ1v) is 11.3. The maximum absolute atomic E-state index is 14.9. The van der Waals surface area contributed by atoms with Crippen LogP contribution in [0.3, 0.4) is 0 Å². The van der Waals surface area contributed by atoms with E-state index in [4.69, 9.17) is 0 Å². The van der Waals surface area contributed by atoms with Crippen LogP contribution in [-0.4, -0.2) is 52.1 Å². The predicted molar refractivity (Wildman–Crippen MR) is 125 cm³/mol. The fraction of sp³-hybridized carbons (Fsp3) is 0.240. The molecule has 0 spiro atoms. The van der Waals surface area contributed by atoms with Crippen molar-refractivity contribution in [1.29, 1.82) is 0 Å². The van der Waals surface area contributed by atoms with Crippen molar-refractivity contribution in [2.24, 2.45) is 0 Å². The van der Waals surface area contributed by atoms with Gasteiger partial charge in [0.1, 0.15) is 11.6 Å². The highest BCUT2D eigenvalue weighted by Gasteiger charge is 2.38. The van der Waals surface area contributed by atoms with Crippen LogP contribution in [0, 0.1) is 11.6 Å². The minimum atomic E-state index is -1.19. The molecule has 2 aliphatic rings. The monoisotopic (exact) mass is 493 g/mol. The van der Waals surface area contributed by atoms with Crippen LogP contribution in [0.2, 0.25) is 0 Å². The van der Waals surface area contributed by atoms with Gasteiger partial charge in [0.15, 0.2) is 5.82 Å². The van der Waals surface area contributed by atoms with Crippen LogP contribution in [0.25, 0.3) is 11.4 Å². The molecule has 0 saturated carbocycles. The first kappa shape index (κ1) is 23.3. The van der Waals surface area contributed by atoms with E-state index in [0.717, 1.165) is 22.6 Å². The maximum Gasteiger partial charge on any atom is 0.412 e. The highest BCUT2D eigenvalue weighted by molar-refractivity contribution is 6.01. The van der Waals surface area contributed by atoms with E-state index >= 15 is 0 Å². The zero-order valence-electron chi connectivity index (χ0n) is 18.9. The summed E-state index contributed by atoms with van der Waals surface area (Å²) in [5, 5.41) is 11.9. The van der Waals surface area contributed by atoms with Gasteiger partial charge >= 0.3 is 6.09 Å². The molecule has 5 rings (SSSR count). The number of benzene rings is 2. The van der Waals surface area contributed by atoms with Crippen LogP contribution in [0.4, 0.5) is 25.0 Å². The molecule has 9 nitrogen and oxygen atoms in total. The van der Waals surface area contributed by atoms with Crippen molar-refractivity contribution in [3.8, 4) is 11.4 Å². The van der Waals surface area contributed by atoms with Crippen LogP contribution in [0.1, 0.15) is 24.3 Å².